The van der Waals surface area contributed by atoms with Gasteiger partial charge in [0.05, 0.1) is 50.1 Å². The number of carbonyl (C=O) groups excluding carboxylic acids is 1. The predicted octanol–water partition coefficient (Wildman–Crippen LogP) is 5.84. The van der Waals surface area contributed by atoms with Crippen LogP contribution in [0, 0.1) is 62.1 Å². The summed E-state index contributed by atoms with van der Waals surface area (Å²) in [4.78, 5) is 14.8. The van der Waals surface area contributed by atoms with Crippen molar-refractivity contribution in [2.24, 2.45) is 50.7 Å². The van der Waals surface area contributed by atoms with Crippen LogP contribution in [0.2, 0.25) is 0 Å². The van der Waals surface area contributed by atoms with Crippen LogP contribution in [-0.2, 0) is 19.0 Å². The zero-order valence-corrected chi connectivity index (χ0v) is 27.0. The number of nitriles is 1. The highest BCUT2D eigenvalue weighted by atomic mass is 16.7. The summed E-state index contributed by atoms with van der Waals surface area (Å²) in [6, 6.07) is 2.31. The van der Waals surface area contributed by atoms with Gasteiger partial charge in [-0.2, -0.15) is 5.26 Å². The average molecular weight is 595 g/mol. The van der Waals surface area contributed by atoms with Gasteiger partial charge in [-0.25, -0.2) is 0 Å². The molecule has 8 aliphatic rings. The van der Waals surface area contributed by atoms with Crippen molar-refractivity contribution >= 4 is 5.91 Å². The second-order valence-corrected chi connectivity index (χ2v) is 17.4. The molecule has 0 radical (unpaired) electrons. The van der Waals surface area contributed by atoms with Crippen LogP contribution in [0.4, 0.5) is 0 Å². The van der Waals surface area contributed by atoms with Crippen molar-refractivity contribution in [3.8, 4) is 6.07 Å². The molecule has 2 saturated heterocycles. The Hall–Kier alpha value is -1.20. The number of ether oxygens (including phenoxy) is 3. The Morgan fingerprint density at radius 2 is 1.77 bits per heavy atom. The van der Waals surface area contributed by atoms with E-state index < -0.39 is 6.10 Å². The smallest absolute Gasteiger partial charge is 0.223 e. The second kappa shape index (κ2) is 9.66. The highest BCUT2D eigenvalue weighted by Crippen LogP contribution is 2.89. The molecule has 1 N–H and O–H groups in total. The maximum absolute atomic E-state index is 12.8. The van der Waals surface area contributed by atoms with Gasteiger partial charge in [0.2, 0.25) is 5.91 Å². The Morgan fingerprint density at radius 1 is 1.00 bits per heavy atom. The number of aliphatic hydroxyl groups is 1. The van der Waals surface area contributed by atoms with Crippen molar-refractivity contribution in [3.05, 3.63) is 0 Å². The lowest BCUT2D eigenvalue weighted by molar-refractivity contribution is -0.248. The van der Waals surface area contributed by atoms with Crippen LogP contribution >= 0.6 is 0 Å². The van der Waals surface area contributed by atoms with Crippen LogP contribution in [0.5, 0.6) is 0 Å². The molecule has 2 spiro atoms. The maximum Gasteiger partial charge on any atom is 0.223 e. The monoisotopic (exact) mass is 594 g/mol. The van der Waals surface area contributed by atoms with Gasteiger partial charge in [0, 0.05) is 18.4 Å². The Balaban J connectivity index is 1.000. The van der Waals surface area contributed by atoms with Gasteiger partial charge in [0.25, 0.3) is 0 Å². The van der Waals surface area contributed by atoms with E-state index in [4.69, 9.17) is 14.2 Å². The number of hydrogen-bond donors (Lipinski definition) is 1. The molecule has 8 rings (SSSR count). The SMILES string of the molecule is CC1(C)C2CCC3C4(CC[C@]5(C)[C@H]6CCC(CC#N)OC6[C@H](O)[C@@]35C)C[C@]24CC[C@@H]1O[C@H]1CN(C(=O)CC2CC2)CCO1. The first-order valence-corrected chi connectivity index (χ1v) is 17.8. The lowest BCUT2D eigenvalue weighted by Gasteiger charge is -2.63. The number of carbonyl (C=O) groups is 1. The quantitative estimate of drug-likeness (QED) is 0.430. The molecule has 6 saturated carbocycles. The maximum atomic E-state index is 12.8. The normalized spacial score (nSPS) is 53.0. The average Bonchev–Trinajstić information content (AvgIpc) is 3.90. The summed E-state index contributed by atoms with van der Waals surface area (Å²) in [5, 5.41) is 21.5. The van der Waals surface area contributed by atoms with Crippen molar-refractivity contribution in [1.82, 2.24) is 4.90 Å². The van der Waals surface area contributed by atoms with Gasteiger partial charge < -0.3 is 24.2 Å². The van der Waals surface area contributed by atoms with Gasteiger partial charge in [-0.3, -0.25) is 4.79 Å². The van der Waals surface area contributed by atoms with E-state index in [0.29, 0.717) is 67.0 Å². The Bertz CT molecular complexity index is 1200. The van der Waals surface area contributed by atoms with Crippen LogP contribution in [-0.4, -0.2) is 66.3 Å². The lowest BCUT2D eigenvalue weighted by Crippen LogP contribution is -2.60. The van der Waals surface area contributed by atoms with Gasteiger partial charge >= 0.3 is 0 Å². The Morgan fingerprint density at radius 3 is 2.53 bits per heavy atom. The number of morpholine rings is 1. The van der Waals surface area contributed by atoms with Gasteiger partial charge in [-0.15, -0.1) is 0 Å². The Kier molecular flexibility index (Phi) is 6.56. The van der Waals surface area contributed by atoms with Gasteiger partial charge in [-0.05, 0) is 116 Å². The van der Waals surface area contributed by atoms with Gasteiger partial charge in [-0.1, -0.05) is 27.7 Å². The molecule has 6 aliphatic carbocycles. The van der Waals surface area contributed by atoms with Gasteiger partial charge in [0.1, 0.15) is 0 Å². The molecule has 1 amide bonds. The summed E-state index contributed by atoms with van der Waals surface area (Å²) in [7, 11) is 0. The third-order valence-corrected chi connectivity index (χ3v) is 15.7. The van der Waals surface area contributed by atoms with E-state index in [9.17, 15) is 15.2 Å². The molecule has 0 aromatic rings. The van der Waals surface area contributed by atoms with Crippen LogP contribution in [0.25, 0.3) is 0 Å². The molecule has 43 heavy (non-hydrogen) atoms. The molecule has 0 bridgehead atoms. The van der Waals surface area contributed by atoms with Crippen LogP contribution in [0.3, 0.4) is 0 Å². The fourth-order valence-electron chi connectivity index (χ4n) is 13.1. The fraction of sp³-hybridized carbons (Fsp3) is 0.944. The fourth-order valence-corrected chi connectivity index (χ4v) is 13.1. The number of rotatable bonds is 5. The zero-order chi connectivity index (χ0) is 30.0. The molecule has 0 aromatic heterocycles. The predicted molar refractivity (Wildman–Crippen MR) is 160 cm³/mol. The summed E-state index contributed by atoms with van der Waals surface area (Å²) in [6.07, 6.45) is 13.1. The van der Waals surface area contributed by atoms with Crippen LogP contribution < -0.4 is 0 Å². The topological polar surface area (TPSA) is 92.0 Å². The third-order valence-electron chi connectivity index (χ3n) is 15.7. The highest BCUT2D eigenvalue weighted by Gasteiger charge is 2.84. The summed E-state index contributed by atoms with van der Waals surface area (Å²) in [6.45, 7) is 11.6. The number of hydrogen-bond acceptors (Lipinski definition) is 6. The van der Waals surface area contributed by atoms with Crippen LogP contribution in [0.15, 0.2) is 0 Å². The van der Waals surface area contributed by atoms with Crippen LogP contribution in [0.1, 0.15) is 111 Å². The second-order valence-electron chi connectivity index (χ2n) is 17.4. The van der Waals surface area contributed by atoms with E-state index in [2.05, 4.69) is 33.8 Å². The zero-order valence-electron chi connectivity index (χ0n) is 27.0. The minimum absolute atomic E-state index is 0.0298. The molecule has 2 heterocycles. The van der Waals surface area contributed by atoms with E-state index >= 15 is 0 Å². The minimum atomic E-state index is -0.456. The highest BCUT2D eigenvalue weighted by molar-refractivity contribution is 5.76. The van der Waals surface area contributed by atoms with Crippen molar-refractivity contribution in [2.75, 3.05) is 19.7 Å². The van der Waals surface area contributed by atoms with E-state index in [-0.39, 0.29) is 46.8 Å². The molecule has 8 fully saturated rings. The molecular weight excluding hydrogens is 540 g/mol. The summed E-state index contributed by atoms with van der Waals surface area (Å²) >= 11 is 0. The molecule has 7 nitrogen and oxygen atoms in total. The molecule has 7 heteroatoms. The van der Waals surface area contributed by atoms with E-state index in [1.807, 2.05) is 4.90 Å². The number of fused-ring (bicyclic) bond motifs is 4. The van der Waals surface area contributed by atoms with E-state index in [1.165, 1.54) is 51.4 Å². The summed E-state index contributed by atoms with van der Waals surface area (Å²) < 4.78 is 19.5. The first-order chi connectivity index (χ1) is 20.5. The summed E-state index contributed by atoms with van der Waals surface area (Å²) in [5.74, 6) is 2.40. The van der Waals surface area contributed by atoms with E-state index in [1.54, 1.807) is 0 Å². The number of amides is 1. The standard InChI is InChI=1S/C36H54N2O5/c1-32(2)25-9-10-26-34(4)31(40)30-24(8-7-23(42-30)12-16-37)33(34,3)14-15-36(26)21-35(25,36)13-11-27(32)43-29-20-38(17-18-41-29)28(39)19-22-5-6-22/h22-27,29-31,40H,5-15,17-21H2,1-4H3/t23?,24-,25?,26?,27-,29-,30?,31-,33+,34+,35+,36?/m0/s1. The number of aliphatic hydroxyl groups excluding tert-OH is 1. The largest absolute Gasteiger partial charge is 0.390 e. The first-order valence-electron chi connectivity index (χ1n) is 17.8. The van der Waals surface area contributed by atoms with Crippen molar-refractivity contribution < 1.29 is 24.1 Å². The van der Waals surface area contributed by atoms with Crippen molar-refractivity contribution in [1.29, 1.82) is 5.26 Å². The van der Waals surface area contributed by atoms with E-state index in [0.717, 1.165) is 19.3 Å². The molecule has 0 aromatic carbocycles. The third kappa shape index (κ3) is 3.88. The summed E-state index contributed by atoms with van der Waals surface area (Å²) in [5.41, 5.74) is 0.633. The molecular formula is C36H54N2O5. The lowest BCUT2D eigenvalue weighted by atomic mass is 9.41. The van der Waals surface area contributed by atoms with Crippen molar-refractivity contribution in [2.45, 2.75) is 142 Å². The van der Waals surface area contributed by atoms with Crippen molar-refractivity contribution in [3.63, 3.8) is 0 Å². The molecule has 238 valence electrons. The Labute approximate surface area is 258 Å². The van der Waals surface area contributed by atoms with Gasteiger partial charge in [0.15, 0.2) is 6.29 Å². The number of nitrogens with zero attached hydrogens (tertiary/aromatic N) is 2. The minimum Gasteiger partial charge on any atom is -0.390 e. The molecule has 5 unspecified atom stereocenters. The molecule has 12 atom stereocenters. The first kappa shape index (κ1) is 29.2. The molecule has 2 aliphatic heterocycles.